The van der Waals surface area contributed by atoms with E-state index in [0.717, 1.165) is 11.0 Å². The summed E-state index contributed by atoms with van der Waals surface area (Å²) >= 11 is 0. The van der Waals surface area contributed by atoms with Gasteiger partial charge in [-0.3, -0.25) is 4.79 Å². The first-order valence-corrected chi connectivity index (χ1v) is 5.86. The van der Waals surface area contributed by atoms with Crippen molar-refractivity contribution in [3.05, 3.63) is 24.6 Å². The third kappa shape index (κ3) is 2.16. The van der Waals surface area contributed by atoms with Crippen LogP contribution in [0, 0.1) is 5.41 Å². The van der Waals surface area contributed by atoms with Crippen molar-refractivity contribution in [3.63, 3.8) is 0 Å². The van der Waals surface area contributed by atoms with Gasteiger partial charge in [-0.05, 0) is 25.5 Å². The van der Waals surface area contributed by atoms with Crippen molar-refractivity contribution >= 4 is 22.8 Å². The number of hydrogen-bond acceptors (Lipinski definition) is 4. The summed E-state index contributed by atoms with van der Waals surface area (Å²) in [5.41, 5.74) is -0.0610. The lowest BCUT2D eigenvalue weighted by Gasteiger charge is -2.23. The standard InChI is InChI=1S/C13H16N2O3/c1-3-13(2,12(16)17)8-15-11-9-5-7-18-10(9)4-6-14-11/h4-7H,3,8H2,1-2H3,(H,14,15)(H,16,17). The van der Waals surface area contributed by atoms with Gasteiger partial charge in [-0.25, -0.2) is 4.98 Å². The summed E-state index contributed by atoms with van der Waals surface area (Å²) in [6, 6.07) is 3.59. The molecule has 0 saturated heterocycles. The van der Waals surface area contributed by atoms with Crippen molar-refractivity contribution in [2.75, 3.05) is 11.9 Å². The molecular formula is C13H16N2O3. The quantitative estimate of drug-likeness (QED) is 0.850. The van der Waals surface area contributed by atoms with Crippen LogP contribution in [-0.4, -0.2) is 22.6 Å². The van der Waals surface area contributed by atoms with Crippen molar-refractivity contribution in [2.24, 2.45) is 5.41 Å². The number of carbonyl (C=O) groups is 1. The molecule has 0 fully saturated rings. The number of pyridine rings is 1. The zero-order valence-corrected chi connectivity index (χ0v) is 10.4. The maximum absolute atomic E-state index is 11.2. The van der Waals surface area contributed by atoms with Gasteiger partial charge >= 0.3 is 5.97 Å². The normalized spacial score (nSPS) is 14.3. The smallest absolute Gasteiger partial charge is 0.311 e. The van der Waals surface area contributed by atoms with Gasteiger partial charge in [0.05, 0.1) is 17.1 Å². The summed E-state index contributed by atoms with van der Waals surface area (Å²) in [4.78, 5) is 15.4. The molecule has 1 atom stereocenters. The molecule has 5 nitrogen and oxygen atoms in total. The highest BCUT2D eigenvalue weighted by Gasteiger charge is 2.31. The Kier molecular flexibility index (Phi) is 3.23. The molecule has 5 heteroatoms. The van der Waals surface area contributed by atoms with Crippen LogP contribution in [0.25, 0.3) is 11.0 Å². The number of rotatable bonds is 5. The molecule has 0 amide bonds. The molecule has 2 N–H and O–H groups in total. The fourth-order valence-corrected chi connectivity index (χ4v) is 1.67. The Morgan fingerprint density at radius 3 is 3.00 bits per heavy atom. The highest BCUT2D eigenvalue weighted by atomic mass is 16.4. The van der Waals surface area contributed by atoms with Crippen LogP contribution >= 0.6 is 0 Å². The molecule has 0 aliphatic heterocycles. The average molecular weight is 248 g/mol. The van der Waals surface area contributed by atoms with E-state index < -0.39 is 11.4 Å². The summed E-state index contributed by atoms with van der Waals surface area (Å²) in [6.45, 7) is 3.91. The number of hydrogen-bond donors (Lipinski definition) is 2. The van der Waals surface area contributed by atoms with Gasteiger partial charge in [0.2, 0.25) is 0 Å². The molecule has 18 heavy (non-hydrogen) atoms. The highest BCUT2D eigenvalue weighted by Crippen LogP contribution is 2.25. The van der Waals surface area contributed by atoms with Gasteiger partial charge in [-0.1, -0.05) is 6.92 Å². The molecular weight excluding hydrogens is 232 g/mol. The first-order chi connectivity index (χ1) is 8.57. The highest BCUT2D eigenvalue weighted by molar-refractivity contribution is 5.88. The van der Waals surface area contributed by atoms with Gasteiger partial charge in [-0.15, -0.1) is 0 Å². The number of nitrogens with zero attached hydrogens (tertiary/aromatic N) is 1. The van der Waals surface area contributed by atoms with E-state index in [1.165, 1.54) is 0 Å². The second kappa shape index (κ2) is 4.68. The molecule has 0 spiro atoms. The van der Waals surface area contributed by atoms with Gasteiger partial charge in [0.15, 0.2) is 0 Å². The largest absolute Gasteiger partial charge is 0.481 e. The third-order valence-corrected chi connectivity index (χ3v) is 3.32. The molecule has 0 aromatic carbocycles. The van der Waals surface area contributed by atoms with Crippen LogP contribution in [0.2, 0.25) is 0 Å². The molecule has 0 radical (unpaired) electrons. The summed E-state index contributed by atoms with van der Waals surface area (Å²) in [5.74, 6) is -0.154. The molecule has 0 saturated carbocycles. The Labute approximate surface area is 105 Å². The lowest BCUT2D eigenvalue weighted by atomic mass is 9.88. The van der Waals surface area contributed by atoms with E-state index in [-0.39, 0.29) is 0 Å². The van der Waals surface area contributed by atoms with Gasteiger partial charge < -0.3 is 14.8 Å². The summed E-state index contributed by atoms with van der Waals surface area (Å²) in [5, 5.41) is 13.2. The monoisotopic (exact) mass is 248 g/mol. The van der Waals surface area contributed by atoms with Crippen LogP contribution in [0.5, 0.6) is 0 Å². The lowest BCUT2D eigenvalue weighted by Crippen LogP contribution is -2.34. The van der Waals surface area contributed by atoms with Crippen LogP contribution in [0.1, 0.15) is 20.3 Å². The average Bonchev–Trinajstić information content (AvgIpc) is 2.84. The maximum Gasteiger partial charge on any atom is 0.311 e. The Morgan fingerprint density at radius 2 is 2.33 bits per heavy atom. The van der Waals surface area contributed by atoms with Gasteiger partial charge in [0.1, 0.15) is 11.4 Å². The molecule has 0 aliphatic rings. The van der Waals surface area contributed by atoms with E-state index in [2.05, 4.69) is 10.3 Å². The zero-order valence-electron chi connectivity index (χ0n) is 10.4. The van der Waals surface area contributed by atoms with Crippen LogP contribution in [-0.2, 0) is 4.79 Å². The number of aromatic nitrogens is 1. The number of aliphatic carboxylic acids is 1. The minimum atomic E-state index is -0.808. The Bertz CT molecular complexity index is 564. The summed E-state index contributed by atoms with van der Waals surface area (Å²) in [6.07, 6.45) is 3.78. The fourth-order valence-electron chi connectivity index (χ4n) is 1.67. The zero-order chi connectivity index (χ0) is 13.2. The predicted octanol–water partition coefficient (Wildman–Crippen LogP) is 2.74. The number of furan rings is 1. The van der Waals surface area contributed by atoms with Crippen LogP contribution in [0.15, 0.2) is 29.0 Å². The van der Waals surface area contributed by atoms with Gasteiger partial charge in [-0.2, -0.15) is 0 Å². The summed E-state index contributed by atoms with van der Waals surface area (Å²) < 4.78 is 5.27. The molecule has 0 bridgehead atoms. The van der Waals surface area contributed by atoms with Crippen molar-refractivity contribution < 1.29 is 14.3 Å². The van der Waals surface area contributed by atoms with Gasteiger partial charge in [0, 0.05) is 12.7 Å². The van der Waals surface area contributed by atoms with Gasteiger partial charge in [0.25, 0.3) is 0 Å². The maximum atomic E-state index is 11.2. The Balaban J connectivity index is 2.20. The van der Waals surface area contributed by atoms with E-state index in [1.54, 1.807) is 25.5 Å². The molecule has 0 aliphatic carbocycles. The van der Waals surface area contributed by atoms with Crippen LogP contribution in [0.4, 0.5) is 5.82 Å². The number of anilines is 1. The Morgan fingerprint density at radius 1 is 1.56 bits per heavy atom. The topological polar surface area (TPSA) is 75.4 Å². The number of fused-ring (bicyclic) bond motifs is 1. The number of carboxylic acids is 1. The summed E-state index contributed by atoms with van der Waals surface area (Å²) in [7, 11) is 0. The SMILES string of the molecule is CCC(C)(CNc1nccc2occc12)C(=O)O. The molecule has 96 valence electrons. The van der Waals surface area contributed by atoms with Crippen LogP contribution in [0.3, 0.4) is 0 Å². The van der Waals surface area contributed by atoms with Crippen LogP contribution < -0.4 is 5.32 Å². The Hall–Kier alpha value is -2.04. The first-order valence-electron chi connectivity index (χ1n) is 5.86. The lowest BCUT2D eigenvalue weighted by molar-refractivity contribution is -0.147. The molecule has 1 unspecified atom stereocenters. The molecule has 2 aromatic heterocycles. The second-order valence-corrected chi connectivity index (χ2v) is 4.56. The predicted molar refractivity (Wildman–Crippen MR) is 68.5 cm³/mol. The van der Waals surface area contributed by atoms with E-state index in [4.69, 9.17) is 4.42 Å². The first kappa shape index (κ1) is 12.4. The number of carboxylic acid groups (broad SMARTS) is 1. The second-order valence-electron chi connectivity index (χ2n) is 4.56. The molecule has 2 aromatic rings. The van der Waals surface area contributed by atoms with E-state index in [0.29, 0.717) is 18.8 Å². The minimum absolute atomic E-state index is 0.329. The minimum Gasteiger partial charge on any atom is -0.481 e. The van der Waals surface area contributed by atoms with Crippen molar-refractivity contribution in [2.45, 2.75) is 20.3 Å². The van der Waals surface area contributed by atoms with E-state index in [9.17, 15) is 9.90 Å². The molecule has 2 rings (SSSR count). The molecule has 2 heterocycles. The number of nitrogens with one attached hydrogen (secondary N) is 1. The van der Waals surface area contributed by atoms with Crippen molar-refractivity contribution in [1.82, 2.24) is 4.98 Å². The third-order valence-electron chi connectivity index (χ3n) is 3.32. The van der Waals surface area contributed by atoms with Crippen molar-refractivity contribution in [3.8, 4) is 0 Å². The fraction of sp³-hybridized carbons (Fsp3) is 0.385. The van der Waals surface area contributed by atoms with E-state index in [1.807, 2.05) is 13.0 Å². The van der Waals surface area contributed by atoms with E-state index >= 15 is 0 Å². The van der Waals surface area contributed by atoms with Crippen molar-refractivity contribution in [1.29, 1.82) is 0 Å².